The molecule has 1 aromatic carbocycles. The van der Waals surface area contributed by atoms with E-state index in [2.05, 4.69) is 16.0 Å². The van der Waals surface area contributed by atoms with Gasteiger partial charge in [-0.1, -0.05) is 18.2 Å². The molecule has 1 aromatic rings. The summed E-state index contributed by atoms with van der Waals surface area (Å²) in [5.74, 6) is 1.44. The third-order valence-corrected chi connectivity index (χ3v) is 7.70. The van der Waals surface area contributed by atoms with Crippen LogP contribution in [0.15, 0.2) is 30.3 Å². The van der Waals surface area contributed by atoms with E-state index in [9.17, 15) is 14.7 Å². The number of anilines is 1. The van der Waals surface area contributed by atoms with Crippen LogP contribution < -0.4 is 16.0 Å². The first kappa shape index (κ1) is 19.7. The van der Waals surface area contributed by atoms with Crippen LogP contribution in [0.1, 0.15) is 44.9 Å². The van der Waals surface area contributed by atoms with Crippen molar-refractivity contribution in [2.75, 3.05) is 18.4 Å². The van der Waals surface area contributed by atoms with Crippen LogP contribution in [-0.4, -0.2) is 52.8 Å². The maximum Gasteiger partial charge on any atom is 0.319 e. The lowest BCUT2D eigenvalue weighted by molar-refractivity contribution is -0.137. The molecule has 30 heavy (non-hydrogen) atoms. The van der Waals surface area contributed by atoms with E-state index in [1.54, 1.807) is 0 Å². The first-order valence-electron chi connectivity index (χ1n) is 11.4. The summed E-state index contributed by atoms with van der Waals surface area (Å²) in [5.41, 5.74) is 0.267. The fourth-order valence-electron chi connectivity index (χ4n) is 6.67. The molecular weight excluding hydrogens is 380 g/mol. The van der Waals surface area contributed by atoms with Gasteiger partial charge in [-0.15, -0.1) is 0 Å². The van der Waals surface area contributed by atoms with E-state index in [0.29, 0.717) is 24.3 Å². The van der Waals surface area contributed by atoms with Crippen molar-refractivity contribution in [1.29, 1.82) is 0 Å². The zero-order valence-corrected chi connectivity index (χ0v) is 17.3. The topological polar surface area (TPSA) is 93.7 Å². The Bertz CT molecular complexity index is 785. The molecule has 5 aliphatic rings. The lowest BCUT2D eigenvalue weighted by Gasteiger charge is -2.58. The molecule has 162 valence electrons. The Balaban J connectivity index is 1.14. The highest BCUT2D eigenvalue weighted by Crippen LogP contribution is 2.55. The van der Waals surface area contributed by atoms with Crippen molar-refractivity contribution < 1.29 is 14.7 Å². The first-order chi connectivity index (χ1) is 14.5. The van der Waals surface area contributed by atoms with Gasteiger partial charge in [0.1, 0.15) is 0 Å². The molecule has 1 aliphatic heterocycles. The van der Waals surface area contributed by atoms with Gasteiger partial charge in [-0.25, -0.2) is 9.59 Å². The molecule has 7 heteroatoms. The second kappa shape index (κ2) is 7.76. The number of rotatable bonds is 4. The zero-order chi connectivity index (χ0) is 20.7. The summed E-state index contributed by atoms with van der Waals surface area (Å²) in [4.78, 5) is 27.2. The highest BCUT2D eigenvalue weighted by Gasteiger charge is 2.55. The van der Waals surface area contributed by atoms with Crippen LogP contribution in [0.25, 0.3) is 0 Å². The van der Waals surface area contributed by atoms with E-state index in [0.717, 1.165) is 57.2 Å². The molecule has 4 bridgehead atoms. The SMILES string of the molecule is O=C(NC[C@H]1CCCN1C(=O)NC1C2CC3CC1CC(O)(C3)C2)Nc1ccccc1. The normalized spacial score (nSPS) is 36.6. The summed E-state index contributed by atoms with van der Waals surface area (Å²) >= 11 is 0. The molecule has 1 heterocycles. The monoisotopic (exact) mass is 412 g/mol. The molecule has 4 N–H and O–H groups in total. The number of amides is 4. The van der Waals surface area contributed by atoms with Crippen LogP contribution in [0, 0.1) is 17.8 Å². The molecule has 5 fully saturated rings. The van der Waals surface area contributed by atoms with Gasteiger partial charge in [-0.2, -0.15) is 0 Å². The van der Waals surface area contributed by atoms with Crippen LogP contribution in [0.5, 0.6) is 0 Å². The maximum atomic E-state index is 13.1. The number of carbonyl (C=O) groups is 2. The summed E-state index contributed by atoms with van der Waals surface area (Å²) in [5, 5.41) is 19.8. The Morgan fingerprint density at radius 1 is 1.10 bits per heavy atom. The molecule has 4 aliphatic carbocycles. The Morgan fingerprint density at radius 2 is 1.83 bits per heavy atom. The van der Waals surface area contributed by atoms with E-state index < -0.39 is 5.60 Å². The number of carbonyl (C=O) groups excluding carboxylic acids is 2. The molecule has 6 rings (SSSR count). The van der Waals surface area contributed by atoms with Gasteiger partial charge in [-0.3, -0.25) is 0 Å². The highest BCUT2D eigenvalue weighted by atomic mass is 16.3. The predicted octanol–water partition coefficient (Wildman–Crippen LogP) is 2.92. The average molecular weight is 413 g/mol. The van der Waals surface area contributed by atoms with Crippen molar-refractivity contribution in [3.63, 3.8) is 0 Å². The number of hydrogen-bond acceptors (Lipinski definition) is 3. The minimum atomic E-state index is -0.482. The van der Waals surface area contributed by atoms with Gasteiger partial charge in [0.2, 0.25) is 0 Å². The number of para-hydroxylation sites is 1. The van der Waals surface area contributed by atoms with Crippen molar-refractivity contribution in [3.05, 3.63) is 30.3 Å². The molecule has 0 aromatic heterocycles. The van der Waals surface area contributed by atoms with E-state index in [1.807, 2.05) is 35.2 Å². The summed E-state index contributed by atoms with van der Waals surface area (Å²) in [6.07, 6.45) is 6.73. The number of nitrogens with one attached hydrogen (secondary N) is 3. The number of aliphatic hydroxyl groups is 1. The van der Waals surface area contributed by atoms with Crippen LogP contribution in [0.4, 0.5) is 15.3 Å². The third-order valence-electron chi connectivity index (χ3n) is 7.70. The van der Waals surface area contributed by atoms with Gasteiger partial charge in [0.05, 0.1) is 11.6 Å². The second-order valence-electron chi connectivity index (χ2n) is 9.86. The Morgan fingerprint density at radius 3 is 2.53 bits per heavy atom. The van der Waals surface area contributed by atoms with Gasteiger partial charge in [-0.05, 0) is 74.8 Å². The standard InChI is InChI=1S/C23H32N4O3/c28-21(25-18-5-2-1-3-6-18)24-14-19-7-4-8-27(19)22(29)26-20-16-9-15-10-17(20)13-23(30,11-15)12-16/h1-3,5-6,15-17,19-20,30H,4,7-14H2,(H,26,29)(H2,24,25,28)/t15?,16?,17?,19-,20?,23?/m1/s1. The van der Waals surface area contributed by atoms with Gasteiger partial charge in [0, 0.05) is 24.8 Å². The maximum absolute atomic E-state index is 13.1. The minimum Gasteiger partial charge on any atom is -0.390 e. The van der Waals surface area contributed by atoms with Gasteiger partial charge in [0.15, 0.2) is 0 Å². The fraction of sp³-hybridized carbons (Fsp3) is 0.652. The first-order valence-corrected chi connectivity index (χ1v) is 11.4. The molecule has 3 atom stereocenters. The largest absolute Gasteiger partial charge is 0.390 e. The lowest BCUT2D eigenvalue weighted by atomic mass is 9.52. The van der Waals surface area contributed by atoms with Crippen LogP contribution in [0.3, 0.4) is 0 Å². The van der Waals surface area contributed by atoms with E-state index in [-0.39, 0.29) is 24.1 Å². The zero-order valence-electron chi connectivity index (χ0n) is 17.3. The smallest absolute Gasteiger partial charge is 0.319 e. The molecule has 0 radical (unpaired) electrons. The molecule has 4 amide bonds. The molecule has 0 spiro atoms. The summed E-state index contributed by atoms with van der Waals surface area (Å²) in [7, 11) is 0. The van der Waals surface area contributed by atoms with Crippen molar-refractivity contribution in [3.8, 4) is 0 Å². The summed E-state index contributed by atoms with van der Waals surface area (Å²) in [6.45, 7) is 1.18. The van der Waals surface area contributed by atoms with Crippen molar-refractivity contribution >= 4 is 17.7 Å². The summed E-state index contributed by atoms with van der Waals surface area (Å²) in [6, 6.07) is 9.30. The fourth-order valence-corrected chi connectivity index (χ4v) is 6.67. The molecule has 2 unspecified atom stereocenters. The van der Waals surface area contributed by atoms with Crippen LogP contribution >= 0.6 is 0 Å². The van der Waals surface area contributed by atoms with Crippen LogP contribution in [-0.2, 0) is 0 Å². The molecule has 7 nitrogen and oxygen atoms in total. The Labute approximate surface area is 177 Å². The van der Waals surface area contributed by atoms with Crippen molar-refractivity contribution in [2.45, 2.75) is 62.6 Å². The molecular formula is C23H32N4O3. The number of nitrogens with zero attached hydrogens (tertiary/aromatic N) is 1. The van der Waals surface area contributed by atoms with Crippen molar-refractivity contribution in [1.82, 2.24) is 15.5 Å². The van der Waals surface area contributed by atoms with E-state index >= 15 is 0 Å². The average Bonchev–Trinajstić information content (AvgIpc) is 3.17. The third kappa shape index (κ3) is 3.87. The number of likely N-dealkylation sites (tertiary alicyclic amines) is 1. The molecule has 1 saturated heterocycles. The van der Waals surface area contributed by atoms with Crippen LogP contribution in [0.2, 0.25) is 0 Å². The predicted molar refractivity (Wildman–Crippen MR) is 114 cm³/mol. The Kier molecular flexibility index (Phi) is 5.09. The minimum absolute atomic E-state index is 0.00719. The van der Waals surface area contributed by atoms with Gasteiger partial charge in [0.25, 0.3) is 0 Å². The number of benzene rings is 1. The van der Waals surface area contributed by atoms with Crippen molar-refractivity contribution in [2.24, 2.45) is 17.8 Å². The van der Waals surface area contributed by atoms with Gasteiger partial charge < -0.3 is 26.0 Å². The Hall–Kier alpha value is -2.28. The molecule has 4 saturated carbocycles. The number of hydrogen-bond donors (Lipinski definition) is 4. The van der Waals surface area contributed by atoms with E-state index in [1.165, 1.54) is 0 Å². The quantitative estimate of drug-likeness (QED) is 0.613. The second-order valence-corrected chi connectivity index (χ2v) is 9.86. The van der Waals surface area contributed by atoms with E-state index in [4.69, 9.17) is 0 Å². The van der Waals surface area contributed by atoms with Gasteiger partial charge >= 0.3 is 12.1 Å². The number of urea groups is 2. The lowest BCUT2D eigenvalue weighted by Crippen LogP contribution is -2.63. The summed E-state index contributed by atoms with van der Waals surface area (Å²) < 4.78 is 0. The highest BCUT2D eigenvalue weighted by molar-refractivity contribution is 5.89.